The summed E-state index contributed by atoms with van der Waals surface area (Å²) >= 11 is 0. The summed E-state index contributed by atoms with van der Waals surface area (Å²) in [6.07, 6.45) is 6.23. The van der Waals surface area contributed by atoms with Crippen molar-refractivity contribution in [3.05, 3.63) is 18.5 Å². The van der Waals surface area contributed by atoms with Crippen LogP contribution in [0.1, 0.15) is 33.6 Å². The molecule has 0 radical (unpaired) electrons. The molecule has 154 valence electrons. The largest absolute Gasteiger partial charge is 0.379 e. The molecule has 2 heterocycles. The van der Waals surface area contributed by atoms with Crippen LogP contribution in [-0.4, -0.2) is 73.1 Å². The highest BCUT2D eigenvalue weighted by atomic mass is 16.5. The topological polar surface area (TPSA) is 66.7 Å². The molecule has 0 aromatic carbocycles. The second kappa shape index (κ2) is 12.0. The molecule has 1 aromatic heterocycles. The van der Waals surface area contributed by atoms with Crippen LogP contribution >= 0.6 is 0 Å². The lowest BCUT2D eigenvalue weighted by atomic mass is 9.92. The second-order valence-corrected chi connectivity index (χ2v) is 7.46. The van der Waals surface area contributed by atoms with Crippen LogP contribution < -0.4 is 10.6 Å². The van der Waals surface area contributed by atoms with Gasteiger partial charge in [-0.05, 0) is 17.9 Å². The first kappa shape index (κ1) is 21.7. The molecule has 1 fully saturated rings. The second-order valence-electron chi connectivity index (χ2n) is 7.46. The number of ether oxygens (including phenoxy) is 1. The Morgan fingerprint density at radius 3 is 2.48 bits per heavy atom. The van der Waals surface area contributed by atoms with E-state index in [2.05, 4.69) is 46.4 Å². The van der Waals surface area contributed by atoms with E-state index >= 15 is 0 Å². The van der Waals surface area contributed by atoms with E-state index in [0.717, 1.165) is 51.9 Å². The van der Waals surface area contributed by atoms with Crippen LogP contribution in [0.15, 0.2) is 23.5 Å². The SMILES string of the molecule is CCC(CC)C(CNC(=NC)NCC(C)Cn1cccn1)N1CCOCC1. The van der Waals surface area contributed by atoms with Gasteiger partial charge in [0.05, 0.1) is 13.2 Å². The standard InChI is InChI=1S/C20H38N6O/c1-5-18(6-2)19(25-10-12-27-13-11-25)15-23-20(21-4)22-14-17(3)16-26-9-7-8-24-26/h7-9,17-19H,5-6,10-16H2,1-4H3,(H2,21,22,23). The lowest BCUT2D eigenvalue weighted by molar-refractivity contribution is 0.00272. The van der Waals surface area contributed by atoms with Gasteiger partial charge >= 0.3 is 0 Å². The highest BCUT2D eigenvalue weighted by molar-refractivity contribution is 5.79. The third-order valence-corrected chi connectivity index (χ3v) is 5.49. The molecule has 1 saturated heterocycles. The monoisotopic (exact) mass is 378 g/mol. The van der Waals surface area contributed by atoms with Gasteiger partial charge in [-0.25, -0.2) is 0 Å². The van der Waals surface area contributed by atoms with Gasteiger partial charge in [0.2, 0.25) is 0 Å². The summed E-state index contributed by atoms with van der Waals surface area (Å²) in [6, 6.07) is 2.48. The van der Waals surface area contributed by atoms with Gasteiger partial charge in [-0.2, -0.15) is 5.10 Å². The van der Waals surface area contributed by atoms with E-state index in [-0.39, 0.29) is 0 Å². The molecule has 27 heavy (non-hydrogen) atoms. The van der Waals surface area contributed by atoms with Gasteiger partial charge in [0.15, 0.2) is 5.96 Å². The number of aromatic nitrogens is 2. The van der Waals surface area contributed by atoms with Gasteiger partial charge in [0, 0.05) is 58.2 Å². The van der Waals surface area contributed by atoms with Crippen LogP contribution in [0.5, 0.6) is 0 Å². The number of aliphatic imine (C=N–C) groups is 1. The average Bonchev–Trinajstić information content (AvgIpc) is 3.21. The average molecular weight is 379 g/mol. The third kappa shape index (κ3) is 7.14. The number of nitrogens with zero attached hydrogens (tertiary/aromatic N) is 4. The van der Waals surface area contributed by atoms with Crippen molar-refractivity contribution in [2.24, 2.45) is 16.8 Å². The molecule has 7 heteroatoms. The smallest absolute Gasteiger partial charge is 0.191 e. The fraction of sp³-hybridized carbons (Fsp3) is 0.800. The maximum atomic E-state index is 5.55. The Bertz CT molecular complexity index is 523. The van der Waals surface area contributed by atoms with Gasteiger partial charge in [0.25, 0.3) is 0 Å². The van der Waals surface area contributed by atoms with Crippen molar-refractivity contribution in [3.8, 4) is 0 Å². The molecule has 0 aliphatic carbocycles. The molecule has 1 aliphatic rings. The van der Waals surface area contributed by atoms with Gasteiger partial charge in [-0.15, -0.1) is 0 Å². The zero-order valence-electron chi connectivity index (χ0n) is 17.5. The van der Waals surface area contributed by atoms with Gasteiger partial charge in [0.1, 0.15) is 0 Å². The van der Waals surface area contributed by atoms with E-state index in [1.165, 1.54) is 12.8 Å². The molecule has 0 spiro atoms. The minimum atomic E-state index is 0.470. The van der Waals surface area contributed by atoms with Crippen LogP contribution in [0, 0.1) is 11.8 Å². The molecule has 2 N–H and O–H groups in total. The maximum absolute atomic E-state index is 5.55. The molecule has 0 amide bonds. The highest BCUT2D eigenvalue weighted by Crippen LogP contribution is 2.19. The fourth-order valence-electron chi connectivity index (χ4n) is 3.82. The van der Waals surface area contributed by atoms with Crippen molar-refractivity contribution in [2.75, 3.05) is 46.4 Å². The first-order valence-corrected chi connectivity index (χ1v) is 10.4. The summed E-state index contributed by atoms with van der Waals surface area (Å²) in [5, 5.41) is 11.3. The van der Waals surface area contributed by atoms with E-state index < -0.39 is 0 Å². The predicted molar refractivity (Wildman–Crippen MR) is 111 cm³/mol. The molecular weight excluding hydrogens is 340 g/mol. The van der Waals surface area contributed by atoms with Crippen LogP contribution in [0.4, 0.5) is 0 Å². The Hall–Kier alpha value is -1.60. The third-order valence-electron chi connectivity index (χ3n) is 5.49. The van der Waals surface area contributed by atoms with Crippen LogP contribution in [0.2, 0.25) is 0 Å². The number of nitrogens with one attached hydrogen (secondary N) is 2. The summed E-state index contributed by atoms with van der Waals surface area (Å²) in [5.74, 6) is 2.04. The predicted octanol–water partition coefficient (Wildman–Crippen LogP) is 1.82. The van der Waals surface area contributed by atoms with E-state index in [1.807, 2.05) is 30.2 Å². The molecule has 1 aromatic rings. The highest BCUT2D eigenvalue weighted by Gasteiger charge is 2.27. The zero-order valence-corrected chi connectivity index (χ0v) is 17.5. The summed E-state index contributed by atoms with van der Waals surface area (Å²) in [7, 11) is 1.84. The molecule has 0 saturated carbocycles. The quantitative estimate of drug-likeness (QED) is 0.480. The number of morpholine rings is 1. The Balaban J connectivity index is 1.83. The summed E-state index contributed by atoms with van der Waals surface area (Å²) in [5.41, 5.74) is 0. The molecule has 0 bridgehead atoms. The van der Waals surface area contributed by atoms with Crippen LogP contribution in [0.25, 0.3) is 0 Å². The van der Waals surface area contributed by atoms with Crippen LogP contribution in [-0.2, 0) is 11.3 Å². The van der Waals surface area contributed by atoms with Gasteiger partial charge in [-0.1, -0.05) is 33.6 Å². The number of hydrogen-bond donors (Lipinski definition) is 2. The van der Waals surface area contributed by atoms with E-state index in [1.54, 1.807) is 0 Å². The van der Waals surface area contributed by atoms with Gasteiger partial charge in [-0.3, -0.25) is 14.6 Å². The van der Waals surface area contributed by atoms with Crippen molar-refractivity contribution in [3.63, 3.8) is 0 Å². The van der Waals surface area contributed by atoms with Crippen molar-refractivity contribution >= 4 is 5.96 Å². The summed E-state index contributed by atoms with van der Waals surface area (Å²) < 4.78 is 7.52. The summed E-state index contributed by atoms with van der Waals surface area (Å²) in [6.45, 7) is 13.2. The Morgan fingerprint density at radius 2 is 1.89 bits per heavy atom. The molecule has 7 nitrogen and oxygen atoms in total. The van der Waals surface area contributed by atoms with E-state index in [4.69, 9.17) is 4.74 Å². The number of rotatable bonds is 10. The number of guanidine groups is 1. The molecule has 2 rings (SSSR count). The normalized spacial score (nSPS) is 18.5. The van der Waals surface area contributed by atoms with Crippen LogP contribution in [0.3, 0.4) is 0 Å². The van der Waals surface area contributed by atoms with Crippen molar-refractivity contribution in [1.29, 1.82) is 0 Å². The van der Waals surface area contributed by atoms with Crippen molar-refractivity contribution in [1.82, 2.24) is 25.3 Å². The summed E-state index contributed by atoms with van der Waals surface area (Å²) in [4.78, 5) is 7.00. The van der Waals surface area contributed by atoms with Crippen molar-refractivity contribution in [2.45, 2.75) is 46.2 Å². The first-order valence-electron chi connectivity index (χ1n) is 10.4. The lowest BCUT2D eigenvalue weighted by Gasteiger charge is -2.39. The molecular formula is C20H38N6O. The number of hydrogen-bond acceptors (Lipinski definition) is 4. The molecule has 2 atom stereocenters. The lowest BCUT2D eigenvalue weighted by Crippen LogP contribution is -2.53. The Morgan fingerprint density at radius 1 is 1.19 bits per heavy atom. The maximum Gasteiger partial charge on any atom is 0.191 e. The van der Waals surface area contributed by atoms with Gasteiger partial charge < -0.3 is 15.4 Å². The molecule has 2 unspecified atom stereocenters. The minimum Gasteiger partial charge on any atom is -0.379 e. The Kier molecular flexibility index (Phi) is 9.62. The molecule has 1 aliphatic heterocycles. The van der Waals surface area contributed by atoms with E-state index in [0.29, 0.717) is 17.9 Å². The van der Waals surface area contributed by atoms with E-state index in [9.17, 15) is 0 Å². The van der Waals surface area contributed by atoms with Crippen molar-refractivity contribution < 1.29 is 4.74 Å². The fourth-order valence-corrected chi connectivity index (χ4v) is 3.82. The minimum absolute atomic E-state index is 0.470. The first-order chi connectivity index (χ1) is 13.2. The Labute approximate surface area is 164 Å². The zero-order chi connectivity index (χ0) is 19.5.